The third kappa shape index (κ3) is 5.30. The monoisotopic (exact) mass is 299 g/mol. The van der Waals surface area contributed by atoms with Gasteiger partial charge in [0.15, 0.2) is 0 Å². The molecule has 0 bridgehead atoms. The molecule has 1 saturated carbocycles. The molecule has 1 rings (SSSR count). The summed E-state index contributed by atoms with van der Waals surface area (Å²) in [7, 11) is 0. The predicted molar refractivity (Wildman–Crippen MR) is 80.8 cm³/mol. The van der Waals surface area contributed by atoms with E-state index in [9.17, 15) is 14.7 Å². The van der Waals surface area contributed by atoms with Gasteiger partial charge < -0.3 is 15.1 Å². The molecule has 3 unspecified atom stereocenters. The molecule has 0 aliphatic heterocycles. The molecule has 0 aromatic carbocycles. The minimum atomic E-state index is -0.868. The van der Waals surface area contributed by atoms with E-state index in [2.05, 4.69) is 6.92 Å². The van der Waals surface area contributed by atoms with Crippen molar-refractivity contribution in [3.8, 4) is 0 Å². The van der Waals surface area contributed by atoms with Gasteiger partial charge in [0.1, 0.15) is 0 Å². The number of unbranched alkanes of at least 4 members (excludes halogenated alkanes) is 3. The summed E-state index contributed by atoms with van der Waals surface area (Å²) < 4.78 is 0. The Bertz CT molecular complexity index is 345. The molecule has 5 nitrogen and oxygen atoms in total. The van der Waals surface area contributed by atoms with Crippen molar-refractivity contribution in [2.75, 3.05) is 19.7 Å². The number of aliphatic hydroxyl groups is 1. The molecule has 1 amide bonds. The quantitative estimate of drug-likeness (QED) is 0.639. The average molecular weight is 299 g/mol. The van der Waals surface area contributed by atoms with Gasteiger partial charge in [-0.25, -0.2) is 0 Å². The number of nitrogens with zero attached hydrogens (tertiary/aromatic N) is 1. The molecule has 2 N–H and O–H groups in total. The van der Waals surface area contributed by atoms with Crippen LogP contribution >= 0.6 is 0 Å². The number of carboxylic acids is 1. The maximum Gasteiger partial charge on any atom is 0.307 e. The van der Waals surface area contributed by atoms with Gasteiger partial charge in [-0.2, -0.15) is 0 Å². The molecule has 0 spiro atoms. The van der Waals surface area contributed by atoms with Crippen LogP contribution in [0.15, 0.2) is 0 Å². The lowest BCUT2D eigenvalue weighted by Gasteiger charge is -2.26. The Morgan fingerprint density at radius 2 is 1.76 bits per heavy atom. The van der Waals surface area contributed by atoms with Crippen LogP contribution in [0.3, 0.4) is 0 Å². The molecule has 0 aromatic heterocycles. The standard InChI is InChI=1S/C16H29NO4/c1-3-4-5-6-7-17(8-9-18)15(19)13-10-12(2)11-14(13)16(20)21/h12-14,18H,3-11H2,1-2H3,(H,20,21). The van der Waals surface area contributed by atoms with Crippen molar-refractivity contribution in [1.82, 2.24) is 4.90 Å². The minimum absolute atomic E-state index is 0.0699. The third-order valence-corrected chi connectivity index (χ3v) is 4.40. The van der Waals surface area contributed by atoms with Gasteiger partial charge in [0.05, 0.1) is 18.4 Å². The van der Waals surface area contributed by atoms with Crippen LogP contribution in [0.2, 0.25) is 0 Å². The van der Waals surface area contributed by atoms with Crippen LogP contribution in [0.5, 0.6) is 0 Å². The highest BCUT2D eigenvalue weighted by molar-refractivity contribution is 5.85. The smallest absolute Gasteiger partial charge is 0.307 e. The molecule has 3 atom stereocenters. The van der Waals surface area contributed by atoms with E-state index in [1.165, 1.54) is 0 Å². The van der Waals surface area contributed by atoms with Crippen LogP contribution < -0.4 is 0 Å². The summed E-state index contributed by atoms with van der Waals surface area (Å²) in [5, 5.41) is 18.4. The number of aliphatic hydroxyl groups excluding tert-OH is 1. The summed E-state index contributed by atoms with van der Waals surface area (Å²) >= 11 is 0. The Morgan fingerprint density at radius 1 is 1.10 bits per heavy atom. The number of amides is 1. The lowest BCUT2D eigenvalue weighted by Crippen LogP contribution is -2.41. The second-order valence-corrected chi connectivity index (χ2v) is 6.24. The van der Waals surface area contributed by atoms with E-state index in [4.69, 9.17) is 5.11 Å². The Balaban J connectivity index is 2.63. The zero-order valence-electron chi connectivity index (χ0n) is 13.3. The van der Waals surface area contributed by atoms with Crippen LogP contribution in [-0.4, -0.2) is 46.7 Å². The van der Waals surface area contributed by atoms with Crippen LogP contribution in [0.1, 0.15) is 52.4 Å². The molecule has 0 aromatic rings. The molecular weight excluding hydrogens is 270 g/mol. The fraction of sp³-hybridized carbons (Fsp3) is 0.875. The summed E-state index contributed by atoms with van der Waals surface area (Å²) in [4.78, 5) is 25.6. The molecule has 5 heteroatoms. The van der Waals surface area contributed by atoms with Gasteiger partial charge in [-0.1, -0.05) is 33.1 Å². The molecule has 0 radical (unpaired) electrons. The van der Waals surface area contributed by atoms with Gasteiger partial charge in [0.25, 0.3) is 0 Å². The summed E-state index contributed by atoms with van der Waals surface area (Å²) in [6.07, 6.45) is 5.48. The van der Waals surface area contributed by atoms with E-state index >= 15 is 0 Å². The second kappa shape index (κ2) is 9.03. The number of carbonyl (C=O) groups is 2. The molecule has 0 heterocycles. The molecule has 1 aliphatic carbocycles. The highest BCUT2D eigenvalue weighted by Gasteiger charge is 2.42. The van der Waals surface area contributed by atoms with E-state index in [1.54, 1.807) is 4.90 Å². The Kier molecular flexibility index (Phi) is 7.72. The van der Waals surface area contributed by atoms with Gasteiger partial charge in [-0.15, -0.1) is 0 Å². The predicted octanol–water partition coefficient (Wildman–Crippen LogP) is 2.13. The zero-order valence-corrected chi connectivity index (χ0v) is 13.3. The van der Waals surface area contributed by atoms with Gasteiger partial charge in [0.2, 0.25) is 5.91 Å². The van der Waals surface area contributed by atoms with Gasteiger partial charge in [-0.05, 0) is 25.2 Å². The normalized spacial score (nSPS) is 25.0. The number of rotatable bonds is 9. The second-order valence-electron chi connectivity index (χ2n) is 6.24. The van der Waals surface area contributed by atoms with E-state index in [-0.39, 0.29) is 18.4 Å². The first-order chi connectivity index (χ1) is 10.0. The van der Waals surface area contributed by atoms with Crippen molar-refractivity contribution in [3.63, 3.8) is 0 Å². The van der Waals surface area contributed by atoms with Crippen molar-refractivity contribution < 1.29 is 19.8 Å². The van der Waals surface area contributed by atoms with E-state index in [0.717, 1.165) is 25.7 Å². The molecule has 1 fully saturated rings. The van der Waals surface area contributed by atoms with Gasteiger partial charge in [-0.3, -0.25) is 9.59 Å². The molecule has 0 saturated heterocycles. The minimum Gasteiger partial charge on any atom is -0.481 e. The van der Waals surface area contributed by atoms with Gasteiger partial charge in [0, 0.05) is 13.1 Å². The largest absolute Gasteiger partial charge is 0.481 e. The maximum atomic E-state index is 12.6. The summed E-state index contributed by atoms with van der Waals surface area (Å²) in [6, 6.07) is 0. The van der Waals surface area contributed by atoms with Crippen LogP contribution in [0, 0.1) is 17.8 Å². The topological polar surface area (TPSA) is 77.8 Å². The van der Waals surface area contributed by atoms with Crippen LogP contribution in [0.25, 0.3) is 0 Å². The number of hydrogen-bond acceptors (Lipinski definition) is 3. The van der Waals surface area contributed by atoms with Gasteiger partial charge >= 0.3 is 5.97 Å². The number of carboxylic acid groups (broad SMARTS) is 1. The fourth-order valence-corrected chi connectivity index (χ4v) is 3.25. The third-order valence-electron chi connectivity index (χ3n) is 4.40. The summed E-state index contributed by atoms with van der Waals surface area (Å²) in [5.41, 5.74) is 0. The Labute approximate surface area is 127 Å². The van der Waals surface area contributed by atoms with E-state index in [0.29, 0.717) is 25.9 Å². The first-order valence-corrected chi connectivity index (χ1v) is 8.13. The first-order valence-electron chi connectivity index (χ1n) is 8.13. The van der Waals surface area contributed by atoms with Crippen LogP contribution in [0.4, 0.5) is 0 Å². The summed E-state index contributed by atoms with van der Waals surface area (Å²) in [5.74, 6) is -1.67. The Morgan fingerprint density at radius 3 is 2.33 bits per heavy atom. The van der Waals surface area contributed by atoms with Crippen molar-refractivity contribution in [2.45, 2.75) is 52.4 Å². The maximum absolute atomic E-state index is 12.6. The number of carbonyl (C=O) groups excluding carboxylic acids is 1. The molecule has 1 aliphatic rings. The first kappa shape index (κ1) is 18.0. The molecular formula is C16H29NO4. The Hall–Kier alpha value is -1.10. The average Bonchev–Trinajstić information content (AvgIpc) is 2.84. The SMILES string of the molecule is CCCCCCN(CCO)C(=O)C1CC(C)CC1C(=O)O. The number of hydrogen-bond donors (Lipinski definition) is 2. The summed E-state index contributed by atoms with van der Waals surface area (Å²) in [6.45, 7) is 4.99. The van der Waals surface area contributed by atoms with E-state index < -0.39 is 17.8 Å². The van der Waals surface area contributed by atoms with Crippen molar-refractivity contribution in [3.05, 3.63) is 0 Å². The lowest BCUT2D eigenvalue weighted by atomic mass is 9.94. The van der Waals surface area contributed by atoms with Crippen molar-refractivity contribution >= 4 is 11.9 Å². The molecule has 21 heavy (non-hydrogen) atoms. The highest BCUT2D eigenvalue weighted by Crippen LogP contribution is 2.37. The van der Waals surface area contributed by atoms with Crippen molar-refractivity contribution in [1.29, 1.82) is 0 Å². The fourth-order valence-electron chi connectivity index (χ4n) is 3.25. The lowest BCUT2D eigenvalue weighted by molar-refractivity contribution is -0.149. The molecule has 122 valence electrons. The number of aliphatic carboxylic acids is 1. The van der Waals surface area contributed by atoms with Crippen molar-refractivity contribution in [2.24, 2.45) is 17.8 Å². The van der Waals surface area contributed by atoms with E-state index in [1.807, 2.05) is 6.92 Å². The van der Waals surface area contributed by atoms with Crippen LogP contribution in [-0.2, 0) is 9.59 Å². The highest BCUT2D eigenvalue weighted by atomic mass is 16.4. The zero-order chi connectivity index (χ0) is 15.8.